The first-order chi connectivity index (χ1) is 29.7. The van der Waals surface area contributed by atoms with E-state index < -0.39 is 0 Å². The van der Waals surface area contributed by atoms with Crippen molar-refractivity contribution in [3.63, 3.8) is 0 Å². The summed E-state index contributed by atoms with van der Waals surface area (Å²) in [4.78, 5) is 2.41. The fraction of sp³-hybridized carbons (Fsp3) is 0. The van der Waals surface area contributed by atoms with E-state index in [-0.39, 0.29) is 0 Å². The monoisotopic (exact) mass is 781 g/mol. The molecule has 0 aliphatic heterocycles. The molecule has 0 saturated heterocycles. The van der Waals surface area contributed by atoms with Gasteiger partial charge in [0.25, 0.3) is 0 Å². The Labute approximate surface area is 354 Å². The van der Waals surface area contributed by atoms with E-state index in [2.05, 4.69) is 241 Å². The van der Waals surface area contributed by atoms with Crippen LogP contribution in [0.15, 0.2) is 237 Å². The van der Waals surface area contributed by atoms with Gasteiger partial charge in [-0.2, -0.15) is 0 Å². The summed E-state index contributed by atoms with van der Waals surface area (Å²) < 4.78 is 2.66. The molecule has 60 heavy (non-hydrogen) atoms. The highest BCUT2D eigenvalue weighted by atomic mass is 32.1. The van der Waals surface area contributed by atoms with Crippen molar-refractivity contribution < 1.29 is 0 Å². The van der Waals surface area contributed by atoms with Gasteiger partial charge in [0, 0.05) is 37.1 Å². The van der Waals surface area contributed by atoms with E-state index in [9.17, 15) is 0 Å². The quantitative estimate of drug-likeness (QED) is 0.148. The Bertz CT molecular complexity index is 3300. The number of hydrogen-bond donors (Lipinski definition) is 0. The summed E-state index contributed by atoms with van der Waals surface area (Å²) in [5.74, 6) is 0. The van der Waals surface area contributed by atoms with Crippen molar-refractivity contribution in [2.45, 2.75) is 0 Å². The average molecular weight is 782 g/mol. The van der Waals surface area contributed by atoms with Gasteiger partial charge in [0.15, 0.2) is 0 Å². The third kappa shape index (κ3) is 6.54. The number of para-hydroxylation sites is 1. The molecule has 1 nitrogen and oxygen atoms in total. The summed E-state index contributed by atoms with van der Waals surface area (Å²) in [5.41, 5.74) is 15.3. The zero-order valence-electron chi connectivity index (χ0n) is 32.9. The number of anilines is 3. The first-order valence-electron chi connectivity index (χ1n) is 20.5. The molecule has 282 valence electrons. The Kier molecular flexibility index (Phi) is 9.11. The molecule has 0 bridgehead atoms. The lowest BCUT2D eigenvalue weighted by atomic mass is 9.96. The van der Waals surface area contributed by atoms with Crippen molar-refractivity contribution in [3.8, 4) is 55.6 Å². The molecule has 10 aromatic carbocycles. The van der Waals surface area contributed by atoms with Gasteiger partial charge in [0.05, 0.1) is 5.69 Å². The topological polar surface area (TPSA) is 3.24 Å². The number of hydrogen-bond acceptors (Lipinski definition) is 2. The zero-order chi connectivity index (χ0) is 39.8. The lowest BCUT2D eigenvalue weighted by Crippen LogP contribution is -2.11. The van der Waals surface area contributed by atoms with Crippen molar-refractivity contribution >= 4 is 59.3 Å². The van der Waals surface area contributed by atoms with Crippen molar-refractivity contribution in [3.05, 3.63) is 237 Å². The Morgan fingerprint density at radius 2 is 0.817 bits per heavy atom. The van der Waals surface area contributed by atoms with Crippen molar-refractivity contribution in [1.29, 1.82) is 0 Å². The highest BCUT2D eigenvalue weighted by Crippen LogP contribution is 2.44. The summed E-state index contributed by atoms with van der Waals surface area (Å²) in [6, 6.07) is 86.1. The predicted octanol–water partition coefficient (Wildman–Crippen LogP) is 17.0. The minimum Gasteiger partial charge on any atom is -0.310 e. The number of fused-ring (bicyclic) bond motifs is 4. The van der Waals surface area contributed by atoms with Crippen LogP contribution in [0, 0.1) is 0 Å². The van der Waals surface area contributed by atoms with E-state index >= 15 is 0 Å². The van der Waals surface area contributed by atoms with Crippen LogP contribution in [0.2, 0.25) is 0 Å². The normalized spacial score (nSPS) is 11.3. The van der Waals surface area contributed by atoms with Crippen LogP contribution in [-0.4, -0.2) is 0 Å². The number of rotatable bonds is 8. The van der Waals surface area contributed by atoms with E-state index in [1.54, 1.807) is 0 Å². The molecular weight excluding hydrogens is 743 g/mol. The summed E-state index contributed by atoms with van der Waals surface area (Å²) in [6.07, 6.45) is 0. The summed E-state index contributed by atoms with van der Waals surface area (Å²) >= 11 is 1.88. The molecular formula is C58H39NS. The van der Waals surface area contributed by atoms with E-state index in [1.165, 1.54) is 86.6 Å². The highest BCUT2D eigenvalue weighted by molar-refractivity contribution is 7.26. The second-order valence-electron chi connectivity index (χ2n) is 15.3. The second-order valence-corrected chi connectivity index (χ2v) is 16.3. The second kappa shape index (κ2) is 15.3. The fourth-order valence-corrected chi connectivity index (χ4v) is 9.98. The molecule has 0 spiro atoms. The first-order valence-corrected chi connectivity index (χ1v) is 21.3. The Balaban J connectivity index is 1.01. The van der Waals surface area contributed by atoms with Gasteiger partial charge in [-0.3, -0.25) is 0 Å². The van der Waals surface area contributed by atoms with Crippen LogP contribution < -0.4 is 4.90 Å². The smallest absolute Gasteiger partial charge is 0.0540 e. The SMILES string of the molecule is c1ccc(-c2ccc(-c3ccccc3N(c3ccc(-c4cccc(-c5cccc6c5sc5ccccc56)c4)cc3)c3cccc(-c4cccc5ccccc45)c3)cc2)cc1. The number of benzene rings is 10. The van der Waals surface area contributed by atoms with Gasteiger partial charge >= 0.3 is 0 Å². The van der Waals surface area contributed by atoms with Gasteiger partial charge in [-0.25, -0.2) is 0 Å². The van der Waals surface area contributed by atoms with Gasteiger partial charge in [0.1, 0.15) is 0 Å². The van der Waals surface area contributed by atoms with Crippen LogP contribution >= 0.6 is 11.3 Å². The van der Waals surface area contributed by atoms with E-state index in [4.69, 9.17) is 0 Å². The number of nitrogens with zero attached hydrogens (tertiary/aromatic N) is 1. The standard InChI is InChI=1S/C58H39NS/c1-2-14-40(15-3-1)41-30-32-44(33-31-41)52-23-6-8-28-56(52)59(49-21-11-20-47(39-49)51-25-12-17-43-16-4-5-22-50(43)51)48-36-34-42(35-37-48)45-18-10-19-46(38-45)53-26-13-27-55-54-24-7-9-29-57(54)60-58(53)55/h1-39H. The molecule has 0 aliphatic carbocycles. The van der Waals surface area contributed by atoms with Gasteiger partial charge in [-0.15, -0.1) is 11.3 Å². The molecule has 0 unspecified atom stereocenters. The van der Waals surface area contributed by atoms with Crippen LogP contribution in [0.5, 0.6) is 0 Å². The predicted molar refractivity (Wildman–Crippen MR) is 259 cm³/mol. The minimum absolute atomic E-state index is 1.09. The van der Waals surface area contributed by atoms with E-state index in [0.717, 1.165) is 17.1 Å². The first kappa shape index (κ1) is 35.6. The number of thiophene rings is 1. The van der Waals surface area contributed by atoms with Gasteiger partial charge in [-0.1, -0.05) is 194 Å². The maximum atomic E-state index is 2.41. The van der Waals surface area contributed by atoms with Crippen molar-refractivity contribution in [2.24, 2.45) is 0 Å². The molecule has 0 fully saturated rings. The lowest BCUT2D eigenvalue weighted by molar-refractivity contribution is 1.28. The van der Waals surface area contributed by atoms with Gasteiger partial charge in [0.2, 0.25) is 0 Å². The van der Waals surface area contributed by atoms with Crippen molar-refractivity contribution in [2.75, 3.05) is 4.90 Å². The maximum absolute atomic E-state index is 2.41. The Morgan fingerprint density at radius 1 is 0.283 bits per heavy atom. The molecule has 2 heteroatoms. The summed E-state index contributed by atoms with van der Waals surface area (Å²) in [5, 5.41) is 5.13. The zero-order valence-corrected chi connectivity index (χ0v) is 33.7. The van der Waals surface area contributed by atoms with Crippen LogP contribution in [0.25, 0.3) is 86.6 Å². The van der Waals surface area contributed by atoms with Gasteiger partial charge in [-0.05, 0) is 103 Å². The average Bonchev–Trinajstić information content (AvgIpc) is 3.71. The summed E-state index contributed by atoms with van der Waals surface area (Å²) in [7, 11) is 0. The van der Waals surface area contributed by atoms with Crippen LogP contribution in [0.1, 0.15) is 0 Å². The lowest BCUT2D eigenvalue weighted by Gasteiger charge is -2.28. The Hall–Kier alpha value is -7.52. The van der Waals surface area contributed by atoms with E-state index in [1.807, 2.05) is 11.3 Å². The minimum atomic E-state index is 1.09. The molecule has 1 aromatic heterocycles. The Morgan fingerprint density at radius 3 is 1.68 bits per heavy atom. The molecule has 1 heterocycles. The molecule has 11 rings (SSSR count). The summed E-state index contributed by atoms with van der Waals surface area (Å²) in [6.45, 7) is 0. The van der Waals surface area contributed by atoms with Crippen LogP contribution in [0.3, 0.4) is 0 Å². The molecule has 0 amide bonds. The van der Waals surface area contributed by atoms with Crippen molar-refractivity contribution in [1.82, 2.24) is 0 Å². The molecule has 0 radical (unpaired) electrons. The maximum Gasteiger partial charge on any atom is 0.0540 e. The largest absolute Gasteiger partial charge is 0.310 e. The third-order valence-electron chi connectivity index (χ3n) is 11.7. The third-order valence-corrected chi connectivity index (χ3v) is 12.9. The van der Waals surface area contributed by atoms with Gasteiger partial charge < -0.3 is 4.90 Å². The van der Waals surface area contributed by atoms with Crippen LogP contribution in [-0.2, 0) is 0 Å². The van der Waals surface area contributed by atoms with E-state index in [0.29, 0.717) is 0 Å². The molecule has 0 aliphatic rings. The molecule has 0 atom stereocenters. The molecule has 11 aromatic rings. The molecule has 0 N–H and O–H groups in total. The fourth-order valence-electron chi connectivity index (χ4n) is 8.75. The molecule has 0 saturated carbocycles. The van der Waals surface area contributed by atoms with Crippen LogP contribution in [0.4, 0.5) is 17.1 Å². The highest BCUT2D eigenvalue weighted by Gasteiger charge is 2.19.